The lowest BCUT2D eigenvalue weighted by Gasteiger charge is -2.28. The molecule has 1 aliphatic rings. The van der Waals surface area contributed by atoms with Gasteiger partial charge in [-0.15, -0.1) is 0 Å². The molecule has 0 bridgehead atoms. The van der Waals surface area contributed by atoms with E-state index < -0.39 is 0 Å². The number of amides is 1. The van der Waals surface area contributed by atoms with E-state index in [2.05, 4.69) is 23.8 Å². The number of thioether (sulfide) groups is 1. The highest BCUT2D eigenvalue weighted by Crippen LogP contribution is 2.19. The predicted molar refractivity (Wildman–Crippen MR) is 66.2 cm³/mol. The average molecular weight is 230 g/mol. The summed E-state index contributed by atoms with van der Waals surface area (Å²) in [5.41, 5.74) is 0. The Morgan fingerprint density at radius 3 is 3.07 bits per heavy atom. The van der Waals surface area contributed by atoms with Gasteiger partial charge in [0.05, 0.1) is 6.04 Å². The lowest BCUT2D eigenvalue weighted by atomic mass is 9.90. The first-order valence-corrected chi connectivity index (χ1v) is 7.17. The van der Waals surface area contributed by atoms with Crippen LogP contribution in [0.1, 0.15) is 26.2 Å². The van der Waals surface area contributed by atoms with Gasteiger partial charge in [-0.05, 0) is 31.6 Å². The maximum absolute atomic E-state index is 11.8. The van der Waals surface area contributed by atoms with Gasteiger partial charge in [-0.3, -0.25) is 4.79 Å². The number of nitrogens with one attached hydrogen (secondary N) is 2. The van der Waals surface area contributed by atoms with Gasteiger partial charge in [-0.2, -0.15) is 11.8 Å². The minimum absolute atomic E-state index is 0.0468. The molecule has 4 heteroatoms. The van der Waals surface area contributed by atoms with Crippen molar-refractivity contribution in [3.05, 3.63) is 0 Å². The molecule has 0 aromatic rings. The van der Waals surface area contributed by atoms with Gasteiger partial charge in [0, 0.05) is 12.3 Å². The minimum Gasteiger partial charge on any atom is -0.354 e. The standard InChI is InChI=1S/C11H22N2OS/c1-3-9-4-5-12-10(8-9)11(14)13-6-7-15-2/h9-10,12H,3-8H2,1-2H3,(H,13,14). The maximum atomic E-state index is 11.8. The first kappa shape index (κ1) is 12.8. The number of carbonyl (C=O) groups excluding carboxylic acids is 1. The molecule has 1 rings (SSSR count). The second-order valence-corrected chi connectivity index (χ2v) is 5.07. The van der Waals surface area contributed by atoms with Crippen LogP contribution in [0.2, 0.25) is 0 Å². The summed E-state index contributed by atoms with van der Waals surface area (Å²) in [6.45, 7) is 3.98. The molecular formula is C11H22N2OS. The van der Waals surface area contributed by atoms with Crippen LogP contribution in [0.4, 0.5) is 0 Å². The van der Waals surface area contributed by atoms with Crippen LogP contribution < -0.4 is 10.6 Å². The first-order valence-electron chi connectivity index (χ1n) is 5.78. The minimum atomic E-state index is 0.0468. The first-order chi connectivity index (χ1) is 7.27. The second-order valence-electron chi connectivity index (χ2n) is 4.09. The normalized spacial score (nSPS) is 26.3. The summed E-state index contributed by atoms with van der Waals surface area (Å²) in [4.78, 5) is 11.8. The van der Waals surface area contributed by atoms with E-state index in [1.165, 1.54) is 12.8 Å². The van der Waals surface area contributed by atoms with Gasteiger partial charge in [0.2, 0.25) is 5.91 Å². The summed E-state index contributed by atoms with van der Waals surface area (Å²) >= 11 is 1.76. The zero-order valence-corrected chi connectivity index (χ0v) is 10.5. The molecular weight excluding hydrogens is 208 g/mol. The molecule has 0 radical (unpaired) electrons. The molecule has 2 atom stereocenters. The molecule has 0 saturated carbocycles. The van der Waals surface area contributed by atoms with Gasteiger partial charge in [0.15, 0.2) is 0 Å². The van der Waals surface area contributed by atoms with E-state index in [1.54, 1.807) is 11.8 Å². The highest BCUT2D eigenvalue weighted by Gasteiger charge is 2.25. The molecule has 1 heterocycles. The van der Waals surface area contributed by atoms with Crippen molar-refractivity contribution in [2.24, 2.45) is 5.92 Å². The number of carbonyl (C=O) groups is 1. The highest BCUT2D eigenvalue weighted by molar-refractivity contribution is 7.98. The molecule has 3 nitrogen and oxygen atoms in total. The van der Waals surface area contributed by atoms with E-state index in [4.69, 9.17) is 0 Å². The lowest BCUT2D eigenvalue weighted by Crippen LogP contribution is -2.49. The monoisotopic (exact) mass is 230 g/mol. The fourth-order valence-electron chi connectivity index (χ4n) is 1.97. The van der Waals surface area contributed by atoms with Crippen molar-refractivity contribution in [3.8, 4) is 0 Å². The molecule has 2 unspecified atom stereocenters. The molecule has 1 saturated heterocycles. The molecule has 1 aliphatic heterocycles. The Balaban J connectivity index is 2.25. The fraction of sp³-hybridized carbons (Fsp3) is 0.909. The second kappa shape index (κ2) is 7.12. The van der Waals surface area contributed by atoms with Gasteiger partial charge < -0.3 is 10.6 Å². The Morgan fingerprint density at radius 1 is 1.60 bits per heavy atom. The molecule has 2 N–H and O–H groups in total. The van der Waals surface area contributed by atoms with Gasteiger partial charge in [0.25, 0.3) is 0 Å². The smallest absolute Gasteiger partial charge is 0.237 e. The topological polar surface area (TPSA) is 41.1 Å². The van der Waals surface area contributed by atoms with Crippen LogP contribution in [0.25, 0.3) is 0 Å². The SMILES string of the molecule is CCC1CCNC(C(=O)NCCSC)C1. The molecule has 1 amide bonds. The highest BCUT2D eigenvalue weighted by atomic mass is 32.2. The summed E-state index contributed by atoms with van der Waals surface area (Å²) in [5.74, 6) is 1.90. The molecule has 0 aromatic heterocycles. The van der Waals surface area contributed by atoms with E-state index in [1.807, 2.05) is 0 Å². The summed E-state index contributed by atoms with van der Waals surface area (Å²) in [6.07, 6.45) is 5.46. The Hall–Kier alpha value is -0.220. The van der Waals surface area contributed by atoms with Crippen LogP contribution in [-0.2, 0) is 4.79 Å². The van der Waals surface area contributed by atoms with Crippen LogP contribution >= 0.6 is 11.8 Å². The van der Waals surface area contributed by atoms with Crippen molar-refractivity contribution >= 4 is 17.7 Å². The van der Waals surface area contributed by atoms with Crippen molar-refractivity contribution in [1.29, 1.82) is 0 Å². The Morgan fingerprint density at radius 2 is 2.40 bits per heavy atom. The number of hydrogen-bond donors (Lipinski definition) is 2. The van der Waals surface area contributed by atoms with Gasteiger partial charge in [-0.1, -0.05) is 13.3 Å². The van der Waals surface area contributed by atoms with Crippen LogP contribution in [0.3, 0.4) is 0 Å². The largest absolute Gasteiger partial charge is 0.354 e. The molecule has 15 heavy (non-hydrogen) atoms. The van der Waals surface area contributed by atoms with Crippen molar-refractivity contribution in [2.45, 2.75) is 32.2 Å². The van der Waals surface area contributed by atoms with E-state index in [9.17, 15) is 4.79 Å². The lowest BCUT2D eigenvalue weighted by molar-refractivity contribution is -0.123. The summed E-state index contributed by atoms with van der Waals surface area (Å²) in [7, 11) is 0. The zero-order valence-electron chi connectivity index (χ0n) is 9.71. The number of piperidine rings is 1. The zero-order chi connectivity index (χ0) is 11.1. The molecule has 0 aliphatic carbocycles. The van der Waals surface area contributed by atoms with Crippen molar-refractivity contribution in [1.82, 2.24) is 10.6 Å². The predicted octanol–water partition coefficient (Wildman–Crippen LogP) is 1.24. The third kappa shape index (κ3) is 4.43. The van der Waals surface area contributed by atoms with Crippen LogP contribution in [0, 0.1) is 5.92 Å². The fourth-order valence-corrected chi connectivity index (χ4v) is 2.27. The molecule has 0 spiro atoms. The molecule has 88 valence electrons. The van der Waals surface area contributed by atoms with E-state index in [0.717, 1.165) is 31.2 Å². The average Bonchev–Trinajstić information content (AvgIpc) is 2.29. The van der Waals surface area contributed by atoms with Crippen LogP contribution in [0.15, 0.2) is 0 Å². The third-order valence-electron chi connectivity index (χ3n) is 3.01. The van der Waals surface area contributed by atoms with Gasteiger partial charge in [0.1, 0.15) is 0 Å². The Labute approximate surface area is 96.8 Å². The third-order valence-corrected chi connectivity index (χ3v) is 3.62. The van der Waals surface area contributed by atoms with Crippen molar-refractivity contribution in [3.63, 3.8) is 0 Å². The molecule has 1 fully saturated rings. The molecule has 0 aromatic carbocycles. The van der Waals surface area contributed by atoms with Crippen LogP contribution in [0.5, 0.6) is 0 Å². The van der Waals surface area contributed by atoms with Crippen LogP contribution in [-0.4, -0.2) is 37.0 Å². The Kier molecular flexibility index (Phi) is 6.10. The van der Waals surface area contributed by atoms with Crippen molar-refractivity contribution in [2.75, 3.05) is 25.1 Å². The van der Waals surface area contributed by atoms with Gasteiger partial charge in [-0.25, -0.2) is 0 Å². The number of rotatable bonds is 5. The summed E-state index contributed by atoms with van der Waals surface area (Å²) < 4.78 is 0. The maximum Gasteiger partial charge on any atom is 0.237 e. The number of hydrogen-bond acceptors (Lipinski definition) is 3. The van der Waals surface area contributed by atoms with E-state index >= 15 is 0 Å². The summed E-state index contributed by atoms with van der Waals surface area (Å²) in [6, 6.07) is 0.0468. The summed E-state index contributed by atoms with van der Waals surface area (Å²) in [5, 5.41) is 6.27. The van der Waals surface area contributed by atoms with E-state index in [-0.39, 0.29) is 11.9 Å². The van der Waals surface area contributed by atoms with Crippen molar-refractivity contribution < 1.29 is 4.79 Å². The van der Waals surface area contributed by atoms with E-state index in [0.29, 0.717) is 0 Å². The quantitative estimate of drug-likeness (QED) is 0.698. The Bertz CT molecular complexity index is 199. The van der Waals surface area contributed by atoms with Gasteiger partial charge >= 0.3 is 0 Å².